The van der Waals surface area contributed by atoms with Crippen LogP contribution < -0.4 is 36.5 Å². The zero-order chi connectivity index (χ0) is 42.9. The van der Waals surface area contributed by atoms with Crippen LogP contribution in [0.25, 0.3) is 0 Å². The number of nitrogens with two attached hydrogens (primary N) is 1. The van der Waals surface area contributed by atoms with E-state index in [1.165, 1.54) is 31.4 Å². The number of carbonyl (C=O) groups excluding carboxylic acids is 5. The molecular weight excluding hydrogens is 767 g/mol. The molecule has 0 aliphatic heterocycles. The first-order chi connectivity index (χ1) is 27.4. The van der Waals surface area contributed by atoms with Gasteiger partial charge in [-0.25, -0.2) is 22.7 Å². The quantitative estimate of drug-likeness (QED) is 0.0321. The molecule has 0 bridgehead atoms. The van der Waals surface area contributed by atoms with Gasteiger partial charge >= 0.3 is 12.0 Å². The van der Waals surface area contributed by atoms with Crippen LogP contribution in [0.5, 0.6) is 5.75 Å². The minimum Gasteiger partial charge on any atom is -0.497 e. The summed E-state index contributed by atoms with van der Waals surface area (Å²) in [5.41, 5.74) is 6.62. The summed E-state index contributed by atoms with van der Waals surface area (Å²) in [4.78, 5) is 70.1. The largest absolute Gasteiger partial charge is 0.497 e. The normalized spacial score (nSPS) is 13.9. The van der Waals surface area contributed by atoms with E-state index >= 15 is 0 Å². The number of hydrogen-bond donors (Lipinski definition) is 6. The molecule has 16 nitrogen and oxygen atoms in total. The van der Waals surface area contributed by atoms with Gasteiger partial charge in [-0.15, -0.1) is 0 Å². The highest BCUT2D eigenvalue weighted by molar-refractivity contribution is 7.90. The maximum absolute atomic E-state index is 13.9. The fraction of sp³-hybridized carbons (Fsp3) is 0.415. The van der Waals surface area contributed by atoms with Crippen LogP contribution in [0.1, 0.15) is 58.6 Å². The van der Waals surface area contributed by atoms with Gasteiger partial charge in [-0.1, -0.05) is 74.5 Å². The third-order valence-electron chi connectivity index (χ3n) is 8.48. The monoisotopic (exact) mass is 821 g/mol. The molecule has 3 aromatic carbocycles. The zero-order valence-corrected chi connectivity index (χ0v) is 34.5. The molecule has 0 unspecified atom stereocenters. The minimum atomic E-state index is -4.07. The lowest BCUT2D eigenvalue weighted by Crippen LogP contribution is -2.58. The van der Waals surface area contributed by atoms with Crippen molar-refractivity contribution in [2.24, 2.45) is 16.6 Å². The van der Waals surface area contributed by atoms with Gasteiger partial charge in [0.1, 0.15) is 35.8 Å². The SMILES string of the molecule is COc1ccc(S(=O)(=O)NC(N)=NCCC[C@H](NC(=O)N[C@@H](Cc2ccccc2)C(=O)OC(C)(C)C)C(=O)N[C@H](C(=O)N[C@H](C=O)Cc2ccccc2)C(C)C)cc1. The molecule has 4 atom stereocenters. The van der Waals surface area contributed by atoms with E-state index in [0.29, 0.717) is 12.0 Å². The number of urea groups is 1. The summed E-state index contributed by atoms with van der Waals surface area (Å²) in [6, 6.07) is 18.5. The van der Waals surface area contributed by atoms with Gasteiger partial charge in [0, 0.05) is 13.0 Å². The second-order valence-electron chi connectivity index (χ2n) is 14.8. The lowest BCUT2D eigenvalue weighted by Gasteiger charge is -2.27. The number of aldehydes is 1. The zero-order valence-electron chi connectivity index (χ0n) is 33.7. The van der Waals surface area contributed by atoms with Crippen LogP contribution in [0.15, 0.2) is 94.8 Å². The molecule has 0 saturated heterocycles. The van der Waals surface area contributed by atoms with Crippen LogP contribution in [0.3, 0.4) is 0 Å². The van der Waals surface area contributed by atoms with Crippen molar-refractivity contribution < 1.29 is 41.9 Å². The van der Waals surface area contributed by atoms with E-state index in [2.05, 4.69) is 31.0 Å². The lowest BCUT2D eigenvalue weighted by molar-refractivity contribution is -0.157. The smallest absolute Gasteiger partial charge is 0.329 e. The van der Waals surface area contributed by atoms with E-state index in [4.69, 9.17) is 15.2 Å². The lowest BCUT2D eigenvalue weighted by atomic mass is 10.0. The molecule has 7 N–H and O–H groups in total. The third kappa shape index (κ3) is 15.9. The predicted molar refractivity (Wildman–Crippen MR) is 219 cm³/mol. The molecule has 0 aromatic heterocycles. The number of hydrogen-bond acceptors (Lipinski definition) is 10. The summed E-state index contributed by atoms with van der Waals surface area (Å²) in [5, 5.41) is 10.7. The van der Waals surface area contributed by atoms with Crippen molar-refractivity contribution in [3.8, 4) is 5.75 Å². The number of esters is 1. The van der Waals surface area contributed by atoms with E-state index in [1.54, 1.807) is 58.9 Å². The van der Waals surface area contributed by atoms with Gasteiger partial charge in [0.2, 0.25) is 17.8 Å². The average Bonchev–Trinajstić information content (AvgIpc) is 3.17. The summed E-state index contributed by atoms with van der Waals surface area (Å²) in [6.07, 6.45) is 1.02. The number of nitrogens with zero attached hydrogens (tertiary/aromatic N) is 1. The number of aliphatic imine (C=N–C) groups is 1. The Kier molecular flexibility index (Phi) is 17.7. The highest BCUT2D eigenvalue weighted by Gasteiger charge is 2.32. The molecule has 4 amide bonds. The van der Waals surface area contributed by atoms with E-state index in [-0.39, 0.29) is 37.1 Å². The Morgan fingerprint density at radius 2 is 1.36 bits per heavy atom. The van der Waals surface area contributed by atoms with E-state index in [9.17, 15) is 32.4 Å². The molecule has 17 heteroatoms. The molecule has 0 aliphatic carbocycles. The van der Waals surface area contributed by atoms with Crippen LogP contribution in [0.4, 0.5) is 4.79 Å². The Bertz CT molecular complexity index is 1950. The van der Waals surface area contributed by atoms with Crippen molar-refractivity contribution in [1.82, 2.24) is 26.0 Å². The average molecular weight is 822 g/mol. The van der Waals surface area contributed by atoms with Gasteiger partial charge in [-0.2, -0.15) is 0 Å². The number of ether oxygens (including phenoxy) is 2. The highest BCUT2D eigenvalue weighted by atomic mass is 32.2. The maximum Gasteiger partial charge on any atom is 0.329 e. The van der Waals surface area contributed by atoms with Crippen LogP contribution in [-0.2, 0) is 46.8 Å². The topological polar surface area (TPSA) is 236 Å². The van der Waals surface area contributed by atoms with Crippen LogP contribution in [-0.4, -0.2) is 87.9 Å². The van der Waals surface area contributed by atoms with Crippen molar-refractivity contribution in [3.05, 3.63) is 96.1 Å². The van der Waals surface area contributed by atoms with Gasteiger partial charge in [0.25, 0.3) is 10.0 Å². The van der Waals surface area contributed by atoms with Gasteiger partial charge < -0.3 is 41.3 Å². The van der Waals surface area contributed by atoms with Crippen LogP contribution >= 0.6 is 0 Å². The summed E-state index contributed by atoms with van der Waals surface area (Å²) in [7, 11) is -2.62. The van der Waals surface area contributed by atoms with Crippen molar-refractivity contribution in [3.63, 3.8) is 0 Å². The number of guanidine groups is 1. The molecule has 3 rings (SSSR count). The molecule has 3 aromatic rings. The fourth-order valence-electron chi connectivity index (χ4n) is 5.58. The Morgan fingerprint density at radius 3 is 1.90 bits per heavy atom. The van der Waals surface area contributed by atoms with Gasteiger partial charge in [0.15, 0.2) is 0 Å². The summed E-state index contributed by atoms with van der Waals surface area (Å²) >= 11 is 0. The van der Waals surface area contributed by atoms with Crippen molar-refractivity contribution >= 4 is 46.1 Å². The third-order valence-corrected chi connectivity index (χ3v) is 9.85. The molecular formula is C41H55N7O9S. The molecule has 0 fully saturated rings. The number of nitrogens with one attached hydrogen (secondary N) is 5. The van der Waals surface area contributed by atoms with E-state index < -0.39 is 75.5 Å². The summed E-state index contributed by atoms with van der Waals surface area (Å²) in [6.45, 7) is 8.46. The Balaban J connectivity index is 1.79. The van der Waals surface area contributed by atoms with Gasteiger partial charge in [0.05, 0.1) is 18.0 Å². The number of carbonyl (C=O) groups is 5. The van der Waals surface area contributed by atoms with Crippen LogP contribution in [0.2, 0.25) is 0 Å². The number of amides is 4. The number of methoxy groups -OCH3 is 1. The predicted octanol–water partition coefficient (Wildman–Crippen LogP) is 2.76. The first-order valence-electron chi connectivity index (χ1n) is 18.8. The van der Waals surface area contributed by atoms with E-state index in [0.717, 1.165) is 11.1 Å². The molecule has 314 valence electrons. The number of sulfonamides is 1. The summed E-state index contributed by atoms with van der Waals surface area (Å²) < 4.78 is 38.4. The molecule has 58 heavy (non-hydrogen) atoms. The Labute approximate surface area is 340 Å². The molecule has 0 heterocycles. The highest BCUT2D eigenvalue weighted by Crippen LogP contribution is 2.16. The second-order valence-corrected chi connectivity index (χ2v) is 16.5. The van der Waals surface area contributed by atoms with Gasteiger partial charge in [-0.3, -0.25) is 14.6 Å². The molecule has 0 radical (unpaired) electrons. The first-order valence-corrected chi connectivity index (χ1v) is 20.3. The van der Waals surface area contributed by atoms with Crippen molar-refractivity contribution in [1.29, 1.82) is 0 Å². The van der Waals surface area contributed by atoms with Crippen molar-refractivity contribution in [2.75, 3.05) is 13.7 Å². The fourth-order valence-corrected chi connectivity index (χ4v) is 6.54. The Hall–Kier alpha value is -5.97. The molecule has 0 spiro atoms. The minimum absolute atomic E-state index is 0.0472. The second kappa shape index (κ2) is 22.1. The standard InChI is InChI=1S/C41H55N7O9S/c1-27(2)35(37(51)44-30(26-49)24-28-14-9-7-10-15-28)47-36(50)33(18-13-23-43-39(42)48-58(54,55)32-21-19-31(56-6)20-22-32)45-40(53)46-34(38(52)57-41(3,4)5)25-29-16-11-8-12-17-29/h7-12,14-17,19-22,26-27,30,33-35H,13,18,23-25H2,1-6H3,(H,44,51)(H,47,50)(H3,42,43,48)(H2,45,46,53)/t30-,33-,34-,35-/m0/s1. The van der Waals surface area contributed by atoms with Crippen molar-refractivity contribution in [2.45, 2.75) is 95.0 Å². The van der Waals surface area contributed by atoms with Crippen LogP contribution in [0, 0.1) is 5.92 Å². The number of benzene rings is 3. The first kappa shape index (κ1) is 46.4. The summed E-state index contributed by atoms with van der Waals surface area (Å²) in [5.74, 6) is -2.40. The maximum atomic E-state index is 13.9. The molecule has 0 saturated carbocycles. The Morgan fingerprint density at radius 1 is 0.793 bits per heavy atom. The van der Waals surface area contributed by atoms with Gasteiger partial charge in [-0.05, 0) is 81.3 Å². The molecule has 0 aliphatic rings. The van der Waals surface area contributed by atoms with E-state index in [1.807, 2.05) is 36.4 Å². The number of rotatable bonds is 20.